The number of urea groups is 1. The molecule has 0 spiro atoms. The highest BCUT2D eigenvalue weighted by atomic mass is 16.5. The molecule has 2 aliphatic heterocycles. The van der Waals surface area contributed by atoms with Crippen LogP contribution < -0.4 is 5.32 Å². The van der Waals surface area contributed by atoms with Crippen LogP contribution in [-0.4, -0.2) is 65.5 Å². The number of amides is 2. The van der Waals surface area contributed by atoms with Crippen LogP contribution >= 0.6 is 0 Å². The van der Waals surface area contributed by atoms with Crippen molar-refractivity contribution in [2.24, 2.45) is 5.92 Å². The van der Waals surface area contributed by atoms with E-state index in [1.807, 2.05) is 4.90 Å². The van der Waals surface area contributed by atoms with Gasteiger partial charge in [0, 0.05) is 39.2 Å². The van der Waals surface area contributed by atoms with Crippen molar-refractivity contribution >= 4 is 6.03 Å². The first-order valence-electron chi connectivity index (χ1n) is 9.99. The summed E-state index contributed by atoms with van der Waals surface area (Å²) in [6.07, 6.45) is 4.67. The van der Waals surface area contributed by atoms with Gasteiger partial charge in [0.25, 0.3) is 0 Å². The van der Waals surface area contributed by atoms with Gasteiger partial charge in [-0.2, -0.15) is 5.10 Å². The van der Waals surface area contributed by atoms with Gasteiger partial charge in [-0.15, -0.1) is 0 Å². The zero-order valence-electron chi connectivity index (χ0n) is 16.2. The predicted molar refractivity (Wildman–Crippen MR) is 101 cm³/mol. The van der Waals surface area contributed by atoms with Crippen LogP contribution in [-0.2, 0) is 24.4 Å². The number of unbranched alkanes of at least 4 members (excludes halogenated alkanes) is 1. The van der Waals surface area contributed by atoms with E-state index >= 15 is 0 Å². The Bertz CT molecular complexity index is 586. The van der Waals surface area contributed by atoms with Crippen LogP contribution in [0.4, 0.5) is 4.79 Å². The molecule has 0 bridgehead atoms. The predicted octanol–water partition coefficient (Wildman–Crippen LogP) is 2.07. The van der Waals surface area contributed by atoms with Crippen LogP contribution in [0.2, 0.25) is 0 Å². The van der Waals surface area contributed by atoms with Crippen LogP contribution in [0.5, 0.6) is 0 Å². The number of hydrogen-bond acceptors (Lipinski definition) is 4. The maximum Gasteiger partial charge on any atom is 0.317 e. The van der Waals surface area contributed by atoms with Crippen LogP contribution in [0, 0.1) is 5.92 Å². The number of fused-ring (bicyclic) bond motifs is 1. The summed E-state index contributed by atoms with van der Waals surface area (Å²) in [4.78, 5) is 16.9. The lowest BCUT2D eigenvalue weighted by Crippen LogP contribution is -2.46. The number of rotatable bonds is 7. The van der Waals surface area contributed by atoms with Gasteiger partial charge >= 0.3 is 6.03 Å². The molecule has 2 aliphatic rings. The standard InChI is InChI=1S/C19H33N5O2/c1-3-4-7-22-9-10-24-18(14-22)11-17(21-24)12-20-19(25)23-8-5-6-16(13-23)15-26-2/h11,16H,3-10,12-15H2,1-2H3,(H,20,25). The van der Waals surface area contributed by atoms with E-state index in [-0.39, 0.29) is 6.03 Å². The molecule has 146 valence electrons. The molecule has 3 rings (SSSR count). The summed E-state index contributed by atoms with van der Waals surface area (Å²) < 4.78 is 7.34. The molecule has 0 aromatic carbocycles. The molecule has 1 fully saturated rings. The minimum absolute atomic E-state index is 0.0151. The molecule has 7 nitrogen and oxygen atoms in total. The lowest BCUT2D eigenvalue weighted by atomic mass is 9.99. The third-order valence-electron chi connectivity index (χ3n) is 5.38. The fourth-order valence-corrected chi connectivity index (χ4v) is 3.94. The van der Waals surface area contributed by atoms with E-state index < -0.39 is 0 Å². The molecule has 0 radical (unpaired) electrons. The first-order valence-corrected chi connectivity index (χ1v) is 9.99. The molecule has 7 heteroatoms. The summed E-state index contributed by atoms with van der Waals surface area (Å²) in [7, 11) is 1.73. The van der Waals surface area contributed by atoms with Gasteiger partial charge in [-0.1, -0.05) is 13.3 Å². The molecule has 1 unspecified atom stereocenters. The summed E-state index contributed by atoms with van der Waals surface area (Å²) in [5.41, 5.74) is 2.21. The Morgan fingerprint density at radius 3 is 3.08 bits per heavy atom. The summed E-state index contributed by atoms with van der Waals surface area (Å²) >= 11 is 0. The minimum Gasteiger partial charge on any atom is -0.384 e. The Morgan fingerprint density at radius 2 is 2.27 bits per heavy atom. The molecule has 3 heterocycles. The molecule has 1 saturated heterocycles. The van der Waals surface area contributed by atoms with Crippen molar-refractivity contribution < 1.29 is 9.53 Å². The highest BCUT2D eigenvalue weighted by Gasteiger charge is 2.24. The average molecular weight is 364 g/mol. The second-order valence-electron chi connectivity index (χ2n) is 7.55. The smallest absolute Gasteiger partial charge is 0.317 e. The normalized spacial score (nSPS) is 20.8. The highest BCUT2D eigenvalue weighted by Crippen LogP contribution is 2.17. The number of hydrogen-bond donors (Lipinski definition) is 1. The largest absolute Gasteiger partial charge is 0.384 e. The fourth-order valence-electron chi connectivity index (χ4n) is 3.94. The van der Waals surface area contributed by atoms with Gasteiger partial charge in [0.2, 0.25) is 0 Å². The lowest BCUT2D eigenvalue weighted by Gasteiger charge is -2.32. The van der Waals surface area contributed by atoms with Gasteiger partial charge < -0.3 is 15.0 Å². The monoisotopic (exact) mass is 363 g/mol. The Kier molecular flexibility index (Phi) is 6.91. The van der Waals surface area contributed by atoms with Gasteiger partial charge in [-0.25, -0.2) is 4.79 Å². The van der Waals surface area contributed by atoms with Gasteiger partial charge in [-0.3, -0.25) is 9.58 Å². The van der Waals surface area contributed by atoms with Gasteiger partial charge in [0.05, 0.1) is 31.1 Å². The molecule has 0 aliphatic carbocycles. The van der Waals surface area contributed by atoms with Crippen molar-refractivity contribution in [2.75, 3.05) is 39.9 Å². The summed E-state index contributed by atoms with van der Waals surface area (Å²) in [5.74, 6) is 0.452. The molecular weight excluding hydrogens is 330 g/mol. The molecule has 2 amide bonds. The topological polar surface area (TPSA) is 62.6 Å². The first-order chi connectivity index (χ1) is 12.7. The number of carbonyl (C=O) groups is 1. The second kappa shape index (κ2) is 9.37. The van der Waals surface area contributed by atoms with Crippen molar-refractivity contribution in [3.63, 3.8) is 0 Å². The number of carbonyl (C=O) groups excluding carboxylic acids is 1. The molecular formula is C19H33N5O2. The SMILES string of the molecule is CCCCN1CCn2nc(CNC(=O)N3CCCC(COC)C3)cc2C1. The van der Waals surface area contributed by atoms with Crippen molar-refractivity contribution in [2.45, 2.75) is 52.2 Å². The van der Waals surface area contributed by atoms with Gasteiger partial charge in [-0.05, 0) is 31.9 Å². The van der Waals surface area contributed by atoms with Gasteiger partial charge in [0.15, 0.2) is 0 Å². The average Bonchev–Trinajstić information content (AvgIpc) is 3.07. The van der Waals surface area contributed by atoms with E-state index in [0.29, 0.717) is 12.5 Å². The summed E-state index contributed by atoms with van der Waals surface area (Å²) in [5, 5.41) is 7.71. The first kappa shape index (κ1) is 19.2. The molecule has 0 saturated carbocycles. The highest BCUT2D eigenvalue weighted by molar-refractivity contribution is 5.74. The van der Waals surface area contributed by atoms with Gasteiger partial charge in [0.1, 0.15) is 0 Å². The number of nitrogens with one attached hydrogen (secondary N) is 1. The Labute approximate surface area is 156 Å². The maximum atomic E-state index is 12.5. The molecule has 1 aromatic heterocycles. The molecule has 26 heavy (non-hydrogen) atoms. The van der Waals surface area contributed by atoms with E-state index in [4.69, 9.17) is 4.74 Å². The van der Waals surface area contributed by atoms with E-state index in [1.165, 1.54) is 18.5 Å². The molecule has 1 aromatic rings. The Morgan fingerprint density at radius 1 is 1.38 bits per heavy atom. The molecule has 1 N–H and O–H groups in total. The van der Waals surface area contributed by atoms with Crippen LogP contribution in [0.15, 0.2) is 6.07 Å². The fraction of sp³-hybridized carbons (Fsp3) is 0.789. The van der Waals surface area contributed by atoms with Crippen LogP contribution in [0.3, 0.4) is 0 Å². The zero-order chi connectivity index (χ0) is 18.4. The second-order valence-corrected chi connectivity index (χ2v) is 7.55. The number of likely N-dealkylation sites (tertiary alicyclic amines) is 1. The quantitative estimate of drug-likeness (QED) is 0.806. The Hall–Kier alpha value is -1.60. The number of ether oxygens (including phenoxy) is 1. The van der Waals surface area contributed by atoms with E-state index in [2.05, 4.69) is 33.0 Å². The van der Waals surface area contributed by atoms with Crippen LogP contribution in [0.25, 0.3) is 0 Å². The van der Waals surface area contributed by atoms with E-state index in [9.17, 15) is 4.79 Å². The zero-order valence-corrected chi connectivity index (χ0v) is 16.2. The maximum absolute atomic E-state index is 12.5. The number of aromatic nitrogens is 2. The number of piperidine rings is 1. The van der Waals surface area contributed by atoms with Crippen molar-refractivity contribution in [3.05, 3.63) is 17.5 Å². The van der Waals surface area contributed by atoms with Crippen molar-refractivity contribution in [3.8, 4) is 0 Å². The third kappa shape index (κ3) is 4.98. The van der Waals surface area contributed by atoms with E-state index in [1.54, 1.807) is 7.11 Å². The Balaban J connectivity index is 1.48. The summed E-state index contributed by atoms with van der Waals surface area (Å²) in [6.45, 7) is 9.20. The van der Waals surface area contributed by atoms with Crippen molar-refractivity contribution in [1.82, 2.24) is 24.9 Å². The lowest BCUT2D eigenvalue weighted by molar-refractivity contribution is 0.100. The number of nitrogens with zero attached hydrogens (tertiary/aromatic N) is 4. The van der Waals surface area contributed by atoms with Crippen LogP contribution in [0.1, 0.15) is 44.0 Å². The summed E-state index contributed by atoms with van der Waals surface area (Å²) in [6, 6.07) is 2.16. The molecule has 1 atom stereocenters. The third-order valence-corrected chi connectivity index (χ3v) is 5.38. The minimum atomic E-state index is 0.0151. The van der Waals surface area contributed by atoms with Crippen molar-refractivity contribution in [1.29, 1.82) is 0 Å². The number of methoxy groups -OCH3 is 1. The van der Waals surface area contributed by atoms with E-state index in [0.717, 1.165) is 64.4 Å².